The van der Waals surface area contributed by atoms with Crippen LogP contribution >= 0.6 is 0 Å². The van der Waals surface area contributed by atoms with Crippen LogP contribution in [-0.2, 0) is 47.6 Å². The first kappa shape index (κ1) is 23.0. The van der Waals surface area contributed by atoms with Crippen molar-refractivity contribution in [3.63, 3.8) is 0 Å². The van der Waals surface area contributed by atoms with Gasteiger partial charge in [0.15, 0.2) is 18.5 Å². The molecule has 0 aliphatic carbocycles. The average molecular weight is 417 g/mol. The summed E-state index contributed by atoms with van der Waals surface area (Å²) in [4.78, 5) is 46.3. The standard InChI is InChI=1S/C18H27NO10/c1-9(20)19-15-17(28-12(4)23)16(27-11(3)22)14(8-25-10(2)21)29-18(15)24-6-5-13-7-26-13/h13-18H,5-8H2,1-4H3,(H,19,20)/t13-,14-,15-,16-,17-,18-/m1/s1. The van der Waals surface area contributed by atoms with Crippen LogP contribution in [0.15, 0.2) is 0 Å². The third-order valence-electron chi connectivity index (χ3n) is 4.20. The van der Waals surface area contributed by atoms with Crippen LogP contribution in [0.4, 0.5) is 0 Å². The second-order valence-electron chi connectivity index (χ2n) is 6.83. The molecular weight excluding hydrogens is 390 g/mol. The third kappa shape index (κ3) is 7.59. The molecule has 0 saturated carbocycles. The number of epoxide rings is 1. The van der Waals surface area contributed by atoms with Crippen molar-refractivity contribution < 1.29 is 47.6 Å². The molecule has 1 N–H and O–H groups in total. The van der Waals surface area contributed by atoms with E-state index in [1.165, 1.54) is 27.7 Å². The zero-order chi connectivity index (χ0) is 21.6. The Labute approximate surface area is 168 Å². The summed E-state index contributed by atoms with van der Waals surface area (Å²) in [5, 5.41) is 2.63. The minimum atomic E-state index is -1.13. The Bertz CT molecular complexity index is 620. The maximum absolute atomic E-state index is 11.7. The molecule has 0 radical (unpaired) electrons. The molecule has 0 unspecified atom stereocenters. The fourth-order valence-corrected chi connectivity index (χ4v) is 2.98. The summed E-state index contributed by atoms with van der Waals surface area (Å²) in [5.74, 6) is -2.29. The lowest BCUT2D eigenvalue weighted by Gasteiger charge is -2.44. The third-order valence-corrected chi connectivity index (χ3v) is 4.20. The van der Waals surface area contributed by atoms with Gasteiger partial charge in [-0.05, 0) is 6.42 Å². The molecule has 0 aromatic heterocycles. The Morgan fingerprint density at radius 2 is 1.59 bits per heavy atom. The maximum atomic E-state index is 11.7. The fraction of sp³-hybridized carbons (Fsp3) is 0.778. The number of rotatable bonds is 9. The topological polar surface area (TPSA) is 139 Å². The van der Waals surface area contributed by atoms with Gasteiger partial charge in [-0.25, -0.2) is 0 Å². The van der Waals surface area contributed by atoms with Crippen molar-refractivity contribution in [2.75, 3.05) is 19.8 Å². The van der Waals surface area contributed by atoms with Gasteiger partial charge in [0.1, 0.15) is 18.8 Å². The molecule has 6 atom stereocenters. The second-order valence-corrected chi connectivity index (χ2v) is 6.83. The highest BCUT2D eigenvalue weighted by Crippen LogP contribution is 2.28. The van der Waals surface area contributed by atoms with Crippen LogP contribution in [0.2, 0.25) is 0 Å². The van der Waals surface area contributed by atoms with Gasteiger partial charge in [-0.3, -0.25) is 19.2 Å². The number of hydrogen-bond donors (Lipinski definition) is 1. The van der Waals surface area contributed by atoms with Crippen molar-refractivity contribution in [1.29, 1.82) is 0 Å². The summed E-state index contributed by atoms with van der Waals surface area (Å²) in [7, 11) is 0. The van der Waals surface area contributed by atoms with E-state index < -0.39 is 54.5 Å². The highest BCUT2D eigenvalue weighted by molar-refractivity contribution is 5.73. The first-order valence-corrected chi connectivity index (χ1v) is 9.31. The number of carbonyl (C=O) groups excluding carboxylic acids is 4. The van der Waals surface area contributed by atoms with Crippen LogP contribution in [0.3, 0.4) is 0 Å². The molecular formula is C18H27NO10. The molecule has 2 rings (SSSR count). The lowest BCUT2D eigenvalue weighted by molar-refractivity contribution is -0.278. The number of nitrogens with one attached hydrogen (secondary N) is 1. The normalized spacial score (nSPS) is 30.8. The fourth-order valence-electron chi connectivity index (χ4n) is 2.98. The summed E-state index contributed by atoms with van der Waals surface area (Å²) in [6.45, 7) is 5.53. The summed E-state index contributed by atoms with van der Waals surface area (Å²) in [6, 6.07) is -0.950. The highest BCUT2D eigenvalue weighted by Gasteiger charge is 2.51. The Morgan fingerprint density at radius 1 is 0.966 bits per heavy atom. The quantitative estimate of drug-likeness (QED) is 0.295. The predicted octanol–water partition coefficient (Wildman–Crippen LogP) is -0.552. The molecule has 11 heteroatoms. The zero-order valence-corrected chi connectivity index (χ0v) is 16.9. The van der Waals surface area contributed by atoms with Crippen molar-refractivity contribution in [2.24, 2.45) is 0 Å². The summed E-state index contributed by atoms with van der Waals surface area (Å²) in [5.41, 5.74) is 0. The van der Waals surface area contributed by atoms with E-state index in [0.29, 0.717) is 13.0 Å². The van der Waals surface area contributed by atoms with Crippen molar-refractivity contribution >= 4 is 23.8 Å². The maximum Gasteiger partial charge on any atom is 0.303 e. The van der Waals surface area contributed by atoms with E-state index in [1.807, 2.05) is 0 Å². The molecule has 2 heterocycles. The monoisotopic (exact) mass is 417 g/mol. The van der Waals surface area contributed by atoms with E-state index >= 15 is 0 Å². The molecule has 29 heavy (non-hydrogen) atoms. The Balaban J connectivity index is 2.26. The summed E-state index contributed by atoms with van der Waals surface area (Å²) < 4.78 is 32.4. The average Bonchev–Trinajstić information content (AvgIpc) is 3.41. The Morgan fingerprint density at radius 3 is 2.10 bits per heavy atom. The molecule has 1 amide bonds. The molecule has 0 spiro atoms. The first-order chi connectivity index (χ1) is 13.7. The van der Waals surface area contributed by atoms with Crippen molar-refractivity contribution in [2.45, 2.75) is 70.9 Å². The van der Waals surface area contributed by atoms with Gasteiger partial charge in [0, 0.05) is 27.7 Å². The van der Waals surface area contributed by atoms with Crippen LogP contribution in [0.5, 0.6) is 0 Å². The molecule has 2 fully saturated rings. The number of amides is 1. The van der Waals surface area contributed by atoms with Crippen LogP contribution in [0, 0.1) is 0 Å². The lowest BCUT2D eigenvalue weighted by atomic mass is 9.96. The van der Waals surface area contributed by atoms with E-state index in [-0.39, 0.29) is 19.3 Å². The van der Waals surface area contributed by atoms with Crippen molar-refractivity contribution in [3.8, 4) is 0 Å². The minimum Gasteiger partial charge on any atom is -0.463 e. The molecule has 2 aliphatic heterocycles. The summed E-state index contributed by atoms with van der Waals surface area (Å²) in [6.07, 6.45) is -3.51. The Hall–Kier alpha value is -2.24. The molecule has 2 aliphatic rings. The lowest BCUT2D eigenvalue weighted by Crippen LogP contribution is -2.66. The zero-order valence-electron chi connectivity index (χ0n) is 16.9. The van der Waals surface area contributed by atoms with E-state index in [4.69, 9.17) is 28.4 Å². The van der Waals surface area contributed by atoms with Gasteiger partial charge in [-0.2, -0.15) is 0 Å². The number of ether oxygens (including phenoxy) is 6. The van der Waals surface area contributed by atoms with Crippen molar-refractivity contribution in [1.82, 2.24) is 5.32 Å². The Kier molecular flexibility index (Phi) is 8.35. The van der Waals surface area contributed by atoms with Gasteiger partial charge in [-0.15, -0.1) is 0 Å². The molecule has 11 nitrogen and oxygen atoms in total. The van der Waals surface area contributed by atoms with Gasteiger partial charge in [0.2, 0.25) is 5.91 Å². The van der Waals surface area contributed by atoms with Gasteiger partial charge in [0.25, 0.3) is 0 Å². The van der Waals surface area contributed by atoms with E-state index in [0.717, 1.165) is 0 Å². The molecule has 0 bridgehead atoms. The number of hydrogen-bond acceptors (Lipinski definition) is 10. The molecule has 0 aromatic carbocycles. The number of carbonyl (C=O) groups is 4. The molecule has 2 saturated heterocycles. The van der Waals surface area contributed by atoms with E-state index in [9.17, 15) is 19.2 Å². The SMILES string of the molecule is CC(=O)N[C@H]1[C@H](OCC[C@@H]2CO2)O[C@H](COC(C)=O)[C@@H](OC(C)=O)[C@@H]1OC(C)=O. The van der Waals surface area contributed by atoms with E-state index in [1.54, 1.807) is 0 Å². The molecule has 0 aromatic rings. The summed E-state index contributed by atoms with van der Waals surface area (Å²) >= 11 is 0. The minimum absolute atomic E-state index is 0.118. The first-order valence-electron chi connectivity index (χ1n) is 9.31. The predicted molar refractivity (Wildman–Crippen MR) is 94.3 cm³/mol. The van der Waals surface area contributed by atoms with Crippen molar-refractivity contribution in [3.05, 3.63) is 0 Å². The van der Waals surface area contributed by atoms with Gasteiger partial charge in [0.05, 0.1) is 19.3 Å². The largest absolute Gasteiger partial charge is 0.463 e. The second kappa shape index (κ2) is 10.5. The van der Waals surface area contributed by atoms with Gasteiger partial charge in [-0.1, -0.05) is 0 Å². The van der Waals surface area contributed by atoms with Crippen LogP contribution in [0.1, 0.15) is 34.1 Å². The smallest absolute Gasteiger partial charge is 0.303 e. The van der Waals surface area contributed by atoms with Crippen LogP contribution in [0.25, 0.3) is 0 Å². The highest BCUT2D eigenvalue weighted by atomic mass is 16.7. The van der Waals surface area contributed by atoms with Gasteiger partial charge < -0.3 is 33.7 Å². The molecule has 164 valence electrons. The van der Waals surface area contributed by atoms with Gasteiger partial charge >= 0.3 is 17.9 Å². The van der Waals surface area contributed by atoms with E-state index in [2.05, 4.69) is 5.32 Å². The number of esters is 3. The van der Waals surface area contributed by atoms with Crippen LogP contribution < -0.4 is 5.32 Å². The van der Waals surface area contributed by atoms with Crippen LogP contribution in [-0.4, -0.2) is 80.4 Å².